The van der Waals surface area contributed by atoms with Crippen LogP contribution in [-0.4, -0.2) is 66.0 Å². The molecule has 43 heavy (non-hydrogen) atoms. The number of hydrogen-bond donors (Lipinski definition) is 1. The van der Waals surface area contributed by atoms with Gasteiger partial charge in [-0.25, -0.2) is 4.57 Å². The van der Waals surface area contributed by atoms with Gasteiger partial charge in [0.1, 0.15) is 12.7 Å². The van der Waals surface area contributed by atoms with Gasteiger partial charge in [-0.15, -0.1) is 0 Å². The summed E-state index contributed by atoms with van der Waals surface area (Å²) < 4.78 is 20.2. The summed E-state index contributed by atoms with van der Waals surface area (Å²) in [6, 6.07) is 11.9. The molecule has 0 unspecified atom stereocenters. The number of aromatic nitrogens is 2. The smallest absolute Gasteiger partial charge is 0.308 e. The first kappa shape index (κ1) is 30.1. The minimum Gasteiger partial charge on any atom is -0.493 e. The zero-order valence-corrected chi connectivity index (χ0v) is 24.8. The van der Waals surface area contributed by atoms with Crippen LogP contribution in [0.2, 0.25) is 0 Å². The molecule has 1 fully saturated rings. The molecule has 0 bridgehead atoms. The van der Waals surface area contributed by atoms with Crippen molar-refractivity contribution in [3.05, 3.63) is 77.0 Å². The van der Waals surface area contributed by atoms with Crippen LogP contribution < -0.4 is 29.2 Å². The first-order valence-electron chi connectivity index (χ1n) is 14.7. The van der Waals surface area contributed by atoms with Gasteiger partial charge in [0.15, 0.2) is 23.9 Å². The predicted molar refractivity (Wildman–Crippen MR) is 159 cm³/mol. The second-order valence-corrected chi connectivity index (χ2v) is 11.1. The molecule has 5 rings (SSSR count). The third-order valence-electron chi connectivity index (χ3n) is 8.32. The molecule has 0 aliphatic carbocycles. The summed E-state index contributed by atoms with van der Waals surface area (Å²) in [5, 5.41) is 10.6. The van der Waals surface area contributed by atoms with E-state index in [1.165, 1.54) is 13.2 Å². The Kier molecular flexibility index (Phi) is 9.30. The van der Waals surface area contributed by atoms with E-state index in [1.807, 2.05) is 47.1 Å². The molecule has 2 aromatic heterocycles. The number of nitrogens with zero attached hydrogens (tertiary/aromatic N) is 4. The lowest BCUT2D eigenvalue weighted by atomic mass is 9.84. The summed E-state index contributed by atoms with van der Waals surface area (Å²) in [6.45, 7) is 3.40. The molecule has 1 saturated heterocycles. The molecule has 228 valence electrons. The van der Waals surface area contributed by atoms with Crippen LogP contribution in [0.5, 0.6) is 17.2 Å². The fraction of sp³-hybridized carbons (Fsp3) is 0.438. The van der Waals surface area contributed by atoms with Gasteiger partial charge in [-0.2, -0.15) is 0 Å². The molecule has 0 spiro atoms. The minimum atomic E-state index is -0.958. The van der Waals surface area contributed by atoms with Crippen LogP contribution in [-0.2, 0) is 23.2 Å². The van der Waals surface area contributed by atoms with E-state index in [4.69, 9.17) is 14.2 Å². The second kappa shape index (κ2) is 13.3. The van der Waals surface area contributed by atoms with Crippen molar-refractivity contribution in [3.8, 4) is 17.2 Å². The summed E-state index contributed by atoms with van der Waals surface area (Å²) in [6.07, 6.45) is 7.67. The quantitative estimate of drug-likeness (QED) is 0.320. The van der Waals surface area contributed by atoms with Gasteiger partial charge in [-0.05, 0) is 42.7 Å². The molecule has 11 heteroatoms. The van der Waals surface area contributed by atoms with Gasteiger partial charge in [0.25, 0.3) is 0 Å². The maximum atomic E-state index is 14.0. The molecule has 2 aliphatic heterocycles. The number of rotatable bonds is 12. The number of carboxylic acid groups (broad SMARTS) is 1. The summed E-state index contributed by atoms with van der Waals surface area (Å²) in [7, 11) is 3.44. The van der Waals surface area contributed by atoms with E-state index >= 15 is 0 Å². The molecule has 0 saturated carbocycles. The Hall–Kier alpha value is -4.38. The number of hydrogen-bond acceptors (Lipinski definition) is 7. The van der Waals surface area contributed by atoms with Crippen molar-refractivity contribution in [1.82, 2.24) is 9.47 Å². The average Bonchev–Trinajstić information content (AvgIpc) is 3.61. The van der Waals surface area contributed by atoms with E-state index in [0.717, 1.165) is 24.1 Å². The highest BCUT2D eigenvalue weighted by molar-refractivity contribution is 5.94. The SMILES string of the molecule is CCCCN(C(=O)CN1C[C@H](c2cc(OC)c3c(c2)OCO3)[C@@H](C(=O)O)[C@@H]1CCn1ccccc1=O)c1ccc[n+](C)c1. The van der Waals surface area contributed by atoms with Gasteiger partial charge in [0.05, 0.1) is 19.6 Å². The molecule has 2 aliphatic rings. The van der Waals surface area contributed by atoms with E-state index in [9.17, 15) is 19.5 Å². The van der Waals surface area contributed by atoms with Crippen molar-refractivity contribution in [2.24, 2.45) is 13.0 Å². The first-order valence-corrected chi connectivity index (χ1v) is 14.7. The number of methoxy groups -OCH3 is 1. The van der Waals surface area contributed by atoms with Crippen molar-refractivity contribution in [1.29, 1.82) is 0 Å². The van der Waals surface area contributed by atoms with Crippen molar-refractivity contribution < 1.29 is 33.5 Å². The number of aliphatic carboxylic acids is 1. The van der Waals surface area contributed by atoms with Crippen LogP contribution in [0.15, 0.2) is 65.8 Å². The third-order valence-corrected chi connectivity index (χ3v) is 8.32. The van der Waals surface area contributed by atoms with Crippen molar-refractivity contribution in [2.75, 3.05) is 38.4 Å². The van der Waals surface area contributed by atoms with E-state index in [2.05, 4.69) is 6.92 Å². The van der Waals surface area contributed by atoms with Crippen LogP contribution in [0, 0.1) is 5.92 Å². The van der Waals surface area contributed by atoms with Crippen LogP contribution in [0.4, 0.5) is 5.69 Å². The third kappa shape index (κ3) is 6.51. The Bertz CT molecular complexity index is 1520. The first-order chi connectivity index (χ1) is 20.8. The summed E-state index contributed by atoms with van der Waals surface area (Å²) in [5.41, 5.74) is 1.37. The summed E-state index contributed by atoms with van der Waals surface area (Å²) in [4.78, 5) is 43.2. The fourth-order valence-corrected chi connectivity index (χ4v) is 6.18. The minimum absolute atomic E-state index is 0.0403. The van der Waals surface area contributed by atoms with E-state index in [1.54, 1.807) is 33.9 Å². The van der Waals surface area contributed by atoms with Gasteiger partial charge in [-0.1, -0.05) is 19.4 Å². The molecule has 3 atom stereocenters. The number of ether oxygens (including phenoxy) is 3. The van der Waals surface area contributed by atoms with Gasteiger partial charge in [-0.3, -0.25) is 19.3 Å². The number of aryl methyl sites for hydroxylation is 2. The molecular weight excluding hydrogens is 552 g/mol. The predicted octanol–water partition coefficient (Wildman–Crippen LogP) is 2.80. The van der Waals surface area contributed by atoms with Crippen LogP contribution in [0.1, 0.15) is 37.7 Å². The van der Waals surface area contributed by atoms with Gasteiger partial charge >= 0.3 is 5.97 Å². The molecule has 0 radical (unpaired) electrons. The second-order valence-electron chi connectivity index (χ2n) is 11.1. The Morgan fingerprint density at radius 2 is 2.02 bits per heavy atom. The lowest BCUT2D eigenvalue weighted by Gasteiger charge is -2.29. The topological polar surface area (TPSA) is 114 Å². The summed E-state index contributed by atoms with van der Waals surface area (Å²) in [5.74, 6) is -0.886. The molecule has 1 amide bonds. The van der Waals surface area contributed by atoms with Gasteiger partial charge < -0.3 is 28.8 Å². The number of carboxylic acids is 1. The lowest BCUT2D eigenvalue weighted by molar-refractivity contribution is -0.670. The van der Waals surface area contributed by atoms with Crippen molar-refractivity contribution >= 4 is 17.6 Å². The van der Waals surface area contributed by atoms with Crippen molar-refractivity contribution in [3.63, 3.8) is 0 Å². The average molecular weight is 592 g/mol. The Morgan fingerprint density at radius 1 is 1.19 bits per heavy atom. The number of carbonyl (C=O) groups excluding carboxylic acids is 1. The zero-order valence-electron chi connectivity index (χ0n) is 24.8. The molecule has 1 N–H and O–H groups in total. The highest BCUT2D eigenvalue weighted by Gasteiger charge is 2.47. The van der Waals surface area contributed by atoms with Crippen molar-refractivity contribution in [2.45, 2.75) is 44.7 Å². The molecule has 11 nitrogen and oxygen atoms in total. The highest BCUT2D eigenvalue weighted by atomic mass is 16.7. The van der Waals surface area contributed by atoms with Gasteiger partial charge in [0, 0.05) is 49.9 Å². The largest absolute Gasteiger partial charge is 0.493 e. The van der Waals surface area contributed by atoms with Crippen LogP contribution in [0.25, 0.3) is 0 Å². The van der Waals surface area contributed by atoms with Crippen LogP contribution >= 0.6 is 0 Å². The van der Waals surface area contributed by atoms with Gasteiger partial charge in [0.2, 0.25) is 24.0 Å². The molecule has 4 heterocycles. The Morgan fingerprint density at radius 3 is 2.74 bits per heavy atom. The molecule has 3 aromatic rings. The van der Waals surface area contributed by atoms with E-state index < -0.39 is 23.8 Å². The van der Waals surface area contributed by atoms with E-state index in [0.29, 0.717) is 43.3 Å². The summed E-state index contributed by atoms with van der Waals surface area (Å²) >= 11 is 0. The maximum Gasteiger partial charge on any atom is 0.308 e. The Balaban J connectivity index is 1.49. The normalized spacial score (nSPS) is 19.4. The monoisotopic (exact) mass is 591 g/mol. The lowest BCUT2D eigenvalue weighted by Crippen LogP contribution is -2.45. The standard InChI is InChI=1S/C32H38N4O7/c1-4-5-14-36(23-9-8-12-33(2)18-23)29(38)20-35-19-24(22-16-26(41-3)31-27(17-22)42-21-43-31)30(32(39)40)25(35)11-15-34-13-7-6-10-28(34)37/h6-10,12-13,16-18,24-25,30H,4-5,11,14-15,19-21H2,1-3H3/p+1/t24-,25+,30-/m1/s1. The number of anilines is 1. The van der Waals surface area contributed by atoms with E-state index in [-0.39, 0.29) is 24.8 Å². The zero-order chi connectivity index (χ0) is 30.5. The number of benzene rings is 1. The number of carbonyl (C=O) groups is 2. The number of fused-ring (bicyclic) bond motifs is 1. The maximum absolute atomic E-state index is 14.0. The number of amides is 1. The number of pyridine rings is 2. The Labute approximate surface area is 250 Å². The highest BCUT2D eigenvalue weighted by Crippen LogP contribution is 2.47. The molecular formula is C32H39N4O7+. The number of unbranched alkanes of at least 4 members (excludes halogenated alkanes) is 1. The fourth-order valence-electron chi connectivity index (χ4n) is 6.18. The van der Waals surface area contributed by atoms with Crippen LogP contribution in [0.3, 0.4) is 0 Å². The number of likely N-dealkylation sites (tertiary alicyclic amines) is 1. The molecule has 1 aromatic carbocycles.